The topological polar surface area (TPSA) is 111 Å². The Hall–Kier alpha value is -3.15. The van der Waals surface area contributed by atoms with E-state index in [0.717, 1.165) is 26.7 Å². The smallest absolute Gasteiger partial charge is 0.748 e. The molecule has 192 valence electrons. The van der Waals surface area contributed by atoms with Crippen LogP contribution in [0.5, 0.6) is 0 Å². The summed E-state index contributed by atoms with van der Waals surface area (Å²) in [5.74, 6) is -0.478. The van der Waals surface area contributed by atoms with Crippen LogP contribution < -0.4 is 39.4 Å². The predicted octanol–water partition coefficient (Wildman–Crippen LogP) is 2.64. The molecule has 10 heteroatoms. The van der Waals surface area contributed by atoms with Gasteiger partial charge in [-0.2, -0.15) is 10.5 Å². The van der Waals surface area contributed by atoms with Crippen molar-refractivity contribution in [1.29, 1.82) is 10.5 Å². The molecule has 0 saturated heterocycles. The standard InChI is InChI=1S/C29H26N4O3S2.Na/c1-32(2)23-10-8-21(9-11-23)29-15-14-25(37-29)13-12-24-18-27(22(19-30)20-31)26-6-3-4-7-28(26)33(24)16-5-17-38(34,35)36;/h3-4,6-15,18H,5,16-17H2,1-2H3,(H,34,35,36);/q;+1/p-1/b13-12+;. The van der Waals surface area contributed by atoms with Crippen LogP contribution in [0.2, 0.25) is 0 Å². The van der Waals surface area contributed by atoms with Crippen LogP contribution in [0.15, 0.2) is 84.1 Å². The monoisotopic (exact) mass is 564 g/mol. The van der Waals surface area contributed by atoms with Gasteiger partial charge in [0.25, 0.3) is 0 Å². The van der Waals surface area contributed by atoms with Crippen molar-refractivity contribution in [2.75, 3.05) is 36.2 Å². The van der Waals surface area contributed by atoms with E-state index in [1.807, 2.05) is 78.5 Å². The third kappa shape index (κ3) is 7.49. The Balaban J connectivity index is 0.00000420. The van der Waals surface area contributed by atoms with Crippen LogP contribution in [0, 0.1) is 22.7 Å². The van der Waals surface area contributed by atoms with E-state index in [0.29, 0.717) is 16.8 Å². The fraction of sp³-hybridized carbons (Fsp3) is 0.172. The number of anilines is 2. The molecule has 4 rings (SSSR count). The van der Waals surface area contributed by atoms with E-state index in [1.165, 1.54) is 0 Å². The van der Waals surface area contributed by atoms with Gasteiger partial charge >= 0.3 is 29.6 Å². The number of nitrogens with zero attached hydrogens (tertiary/aromatic N) is 4. The number of hydrogen-bond acceptors (Lipinski definition) is 8. The summed E-state index contributed by atoms with van der Waals surface area (Å²) >= 11 is 1.63. The summed E-state index contributed by atoms with van der Waals surface area (Å²) in [6.45, 7) is 0.282. The van der Waals surface area contributed by atoms with Gasteiger partial charge in [0.05, 0.1) is 10.1 Å². The van der Waals surface area contributed by atoms with Gasteiger partial charge < -0.3 is 14.4 Å². The van der Waals surface area contributed by atoms with Crippen molar-refractivity contribution in [3.8, 4) is 22.6 Å². The maximum atomic E-state index is 11.2. The Morgan fingerprint density at radius 2 is 1.72 bits per heavy atom. The van der Waals surface area contributed by atoms with E-state index in [-0.39, 0.29) is 48.1 Å². The van der Waals surface area contributed by atoms with Crippen molar-refractivity contribution >= 4 is 44.5 Å². The fourth-order valence-electron chi connectivity index (χ4n) is 4.21. The van der Waals surface area contributed by atoms with Gasteiger partial charge in [-0.05, 0) is 60.5 Å². The van der Waals surface area contributed by atoms with E-state index < -0.39 is 15.9 Å². The molecule has 0 atom stereocenters. The van der Waals surface area contributed by atoms with Crippen LogP contribution in [0.25, 0.3) is 22.1 Å². The molecule has 0 radical (unpaired) electrons. The maximum Gasteiger partial charge on any atom is 1.00 e. The summed E-state index contributed by atoms with van der Waals surface area (Å²) in [4.78, 5) is 6.09. The van der Waals surface area contributed by atoms with Crippen LogP contribution in [0.4, 0.5) is 11.4 Å². The van der Waals surface area contributed by atoms with Crippen LogP contribution >= 0.6 is 11.3 Å². The summed E-state index contributed by atoms with van der Waals surface area (Å²) in [7, 11) is -0.347. The number of thiophene rings is 1. The summed E-state index contributed by atoms with van der Waals surface area (Å²) in [6.07, 6.45) is 5.74. The molecule has 1 aliphatic rings. The minimum absolute atomic E-state index is 0. The van der Waals surface area contributed by atoms with Crippen molar-refractivity contribution in [1.82, 2.24) is 0 Å². The Bertz CT molecular complexity index is 1610. The second kappa shape index (κ2) is 13.3. The fourth-order valence-corrected chi connectivity index (χ4v) is 5.61. The van der Waals surface area contributed by atoms with Gasteiger partial charge in [0.2, 0.25) is 0 Å². The van der Waals surface area contributed by atoms with Crippen LogP contribution in [-0.2, 0) is 10.1 Å². The number of benzene rings is 2. The zero-order valence-corrected chi connectivity index (χ0v) is 25.6. The number of nitriles is 2. The summed E-state index contributed by atoms with van der Waals surface area (Å²) in [6, 6.07) is 23.7. The normalized spacial score (nSPS) is 12.7. The Labute approximate surface area is 255 Å². The number of allylic oxidation sites excluding steroid dienone is 4. The molecule has 0 unspecified atom stereocenters. The second-order valence-corrected chi connectivity index (χ2v) is 11.5. The zero-order chi connectivity index (χ0) is 27.3. The van der Waals surface area contributed by atoms with Crippen molar-refractivity contribution in [3.63, 3.8) is 0 Å². The van der Waals surface area contributed by atoms with Crippen molar-refractivity contribution in [2.24, 2.45) is 0 Å². The number of para-hydroxylation sites is 1. The van der Waals surface area contributed by atoms with Gasteiger partial charge in [0.1, 0.15) is 17.7 Å². The number of rotatable bonds is 8. The van der Waals surface area contributed by atoms with Gasteiger partial charge in [-0.25, -0.2) is 8.42 Å². The summed E-state index contributed by atoms with van der Waals surface area (Å²) in [5.41, 5.74) is 4.86. The molecular formula is C29H25N4NaO3S2. The first kappa shape index (κ1) is 30.4. The molecule has 0 bridgehead atoms. The Morgan fingerprint density at radius 3 is 2.36 bits per heavy atom. The molecule has 7 nitrogen and oxygen atoms in total. The molecular weight excluding hydrogens is 539 g/mol. The maximum absolute atomic E-state index is 11.2. The van der Waals surface area contributed by atoms with Gasteiger partial charge in [-0.1, -0.05) is 30.3 Å². The molecule has 1 aliphatic heterocycles. The largest absolute Gasteiger partial charge is 1.00 e. The number of hydrogen-bond donors (Lipinski definition) is 0. The average Bonchev–Trinajstić information content (AvgIpc) is 3.37. The minimum Gasteiger partial charge on any atom is -0.748 e. The van der Waals surface area contributed by atoms with Crippen molar-refractivity contribution < 1.29 is 42.5 Å². The van der Waals surface area contributed by atoms with E-state index in [9.17, 15) is 23.5 Å². The van der Waals surface area contributed by atoms with E-state index >= 15 is 0 Å². The van der Waals surface area contributed by atoms with Crippen LogP contribution in [0.1, 0.15) is 16.9 Å². The van der Waals surface area contributed by atoms with Gasteiger partial charge in [-0.3, -0.25) is 0 Å². The van der Waals surface area contributed by atoms with Gasteiger partial charge in [0, 0.05) is 64.4 Å². The molecule has 0 N–H and O–H groups in total. The van der Waals surface area contributed by atoms with Crippen LogP contribution in [0.3, 0.4) is 0 Å². The van der Waals surface area contributed by atoms with Crippen LogP contribution in [-0.4, -0.2) is 39.4 Å². The molecule has 1 aromatic heterocycles. The van der Waals surface area contributed by atoms with E-state index in [4.69, 9.17) is 0 Å². The average molecular weight is 565 g/mol. The molecule has 3 aromatic rings. The van der Waals surface area contributed by atoms with Gasteiger partial charge in [0.15, 0.2) is 0 Å². The molecule has 2 aromatic carbocycles. The molecule has 0 saturated carbocycles. The molecule has 2 heterocycles. The third-order valence-corrected chi connectivity index (χ3v) is 7.96. The summed E-state index contributed by atoms with van der Waals surface area (Å²) < 4.78 is 33.7. The second-order valence-electron chi connectivity index (χ2n) is 8.84. The Morgan fingerprint density at radius 1 is 1.03 bits per heavy atom. The third-order valence-electron chi connectivity index (χ3n) is 6.07. The van der Waals surface area contributed by atoms with E-state index in [2.05, 4.69) is 30.3 Å². The molecule has 0 fully saturated rings. The van der Waals surface area contributed by atoms with Gasteiger partial charge in [-0.15, -0.1) is 11.3 Å². The molecule has 0 aliphatic carbocycles. The summed E-state index contributed by atoms with van der Waals surface area (Å²) in [5, 5.41) is 19.1. The zero-order valence-electron chi connectivity index (χ0n) is 22.0. The Kier molecular flexibility index (Phi) is 10.3. The SMILES string of the molecule is CN(C)c1ccc(-c2ccc(/C=C/C3=CC(=C(C#N)C#N)c4ccccc4N3CCCS(=O)(=O)[O-])s2)cc1.[Na+]. The first-order valence-corrected chi connectivity index (χ1v) is 14.2. The van der Waals surface area contributed by atoms with E-state index in [1.54, 1.807) is 17.4 Å². The predicted molar refractivity (Wildman–Crippen MR) is 152 cm³/mol. The molecule has 0 amide bonds. The van der Waals surface area contributed by atoms with Crippen molar-refractivity contribution in [3.05, 3.63) is 94.5 Å². The minimum atomic E-state index is -4.35. The van der Waals surface area contributed by atoms with Crippen molar-refractivity contribution in [2.45, 2.75) is 6.42 Å². The first-order valence-electron chi connectivity index (χ1n) is 11.8. The first-order chi connectivity index (χ1) is 18.2. The molecule has 0 spiro atoms. The quantitative estimate of drug-likeness (QED) is 0.235. The molecule has 39 heavy (non-hydrogen) atoms. The number of fused-ring (bicyclic) bond motifs is 1.